The van der Waals surface area contributed by atoms with Gasteiger partial charge in [0, 0.05) is 50.6 Å². The van der Waals surface area contributed by atoms with Gasteiger partial charge in [-0.15, -0.1) is 0 Å². The van der Waals surface area contributed by atoms with E-state index in [2.05, 4.69) is 47.4 Å². The van der Waals surface area contributed by atoms with Gasteiger partial charge in [0.15, 0.2) is 0 Å². The molecule has 2 aromatic rings. The average Bonchev–Trinajstić information content (AvgIpc) is 3.36. The third kappa shape index (κ3) is 5.76. The maximum absolute atomic E-state index is 12.4. The van der Waals surface area contributed by atoms with Gasteiger partial charge in [-0.05, 0) is 31.7 Å². The maximum Gasteiger partial charge on any atom is 0.224 e. The molecule has 0 atom stereocenters. The number of aryl methyl sites for hydroxylation is 1. The predicted molar refractivity (Wildman–Crippen MR) is 111 cm³/mol. The molecule has 2 heterocycles. The molecule has 146 valence electrons. The lowest BCUT2D eigenvalue weighted by atomic mass is 10.1. The molecule has 1 aromatic carbocycles. The lowest BCUT2D eigenvalue weighted by Gasteiger charge is -2.22. The first-order valence-corrected chi connectivity index (χ1v) is 10.8. The summed E-state index contributed by atoms with van der Waals surface area (Å²) in [6.07, 6.45) is 5.84. The van der Waals surface area contributed by atoms with Crippen LogP contribution in [0.2, 0.25) is 0 Å². The summed E-state index contributed by atoms with van der Waals surface area (Å²) in [5.74, 6) is 1.14. The lowest BCUT2D eigenvalue weighted by Crippen LogP contribution is -2.33. The number of anilines is 1. The summed E-state index contributed by atoms with van der Waals surface area (Å²) in [7, 11) is 0. The monoisotopic (exact) mass is 386 g/mol. The second-order valence-corrected chi connectivity index (χ2v) is 8.06. The Balaban J connectivity index is 1.60. The highest BCUT2D eigenvalue weighted by Crippen LogP contribution is 2.21. The Hall–Kier alpha value is -1.95. The Labute approximate surface area is 166 Å². The first-order chi connectivity index (χ1) is 13.2. The van der Waals surface area contributed by atoms with Gasteiger partial charge in [0.2, 0.25) is 11.0 Å². The van der Waals surface area contributed by atoms with Crippen LogP contribution >= 0.6 is 11.5 Å². The summed E-state index contributed by atoms with van der Waals surface area (Å²) < 4.78 is 4.56. The summed E-state index contributed by atoms with van der Waals surface area (Å²) in [4.78, 5) is 21.4. The van der Waals surface area contributed by atoms with E-state index in [1.54, 1.807) is 0 Å². The molecule has 1 aromatic heterocycles. The molecule has 5 nitrogen and oxygen atoms in total. The van der Waals surface area contributed by atoms with E-state index in [0.717, 1.165) is 69.2 Å². The first-order valence-electron chi connectivity index (χ1n) is 10.1. The molecule has 1 saturated heterocycles. The molecule has 0 bridgehead atoms. The molecule has 0 aliphatic carbocycles. The maximum atomic E-state index is 12.4. The molecule has 1 aliphatic heterocycles. The van der Waals surface area contributed by atoms with Crippen LogP contribution in [0.4, 0.5) is 5.13 Å². The van der Waals surface area contributed by atoms with Crippen molar-refractivity contribution in [3.63, 3.8) is 0 Å². The van der Waals surface area contributed by atoms with Crippen molar-refractivity contribution in [3.8, 4) is 0 Å². The van der Waals surface area contributed by atoms with E-state index >= 15 is 0 Å². The van der Waals surface area contributed by atoms with E-state index in [-0.39, 0.29) is 5.91 Å². The van der Waals surface area contributed by atoms with Crippen LogP contribution in [-0.4, -0.2) is 46.3 Å². The van der Waals surface area contributed by atoms with Crippen LogP contribution in [-0.2, 0) is 11.2 Å². The second-order valence-electron chi connectivity index (χ2n) is 7.33. The highest BCUT2D eigenvalue weighted by Gasteiger charge is 2.20. The molecule has 0 unspecified atom stereocenters. The van der Waals surface area contributed by atoms with Crippen LogP contribution < -0.4 is 4.90 Å². The van der Waals surface area contributed by atoms with Gasteiger partial charge in [-0.2, -0.15) is 4.37 Å². The number of likely N-dealkylation sites (tertiary alicyclic amines) is 1. The van der Waals surface area contributed by atoms with Gasteiger partial charge in [-0.3, -0.25) is 4.79 Å². The largest absolute Gasteiger partial charge is 0.346 e. The van der Waals surface area contributed by atoms with Crippen molar-refractivity contribution in [2.24, 2.45) is 0 Å². The van der Waals surface area contributed by atoms with Gasteiger partial charge in [0.05, 0.1) is 0 Å². The minimum Gasteiger partial charge on any atom is -0.346 e. The fraction of sp³-hybridized carbons (Fsp3) is 0.571. The Morgan fingerprint density at radius 2 is 1.93 bits per heavy atom. The minimum atomic E-state index is 0.276. The second kappa shape index (κ2) is 9.83. The Morgan fingerprint density at radius 1 is 1.19 bits per heavy atom. The van der Waals surface area contributed by atoms with E-state index in [9.17, 15) is 4.79 Å². The fourth-order valence-corrected chi connectivity index (χ4v) is 4.08. The number of carbonyl (C=O) groups excluding carboxylic acids is 1. The molecule has 1 aliphatic rings. The first kappa shape index (κ1) is 19.8. The molecule has 0 spiro atoms. The number of amides is 1. The zero-order chi connectivity index (χ0) is 19.1. The van der Waals surface area contributed by atoms with Crippen molar-refractivity contribution in [3.05, 3.63) is 41.2 Å². The van der Waals surface area contributed by atoms with E-state index in [4.69, 9.17) is 4.98 Å². The number of unbranched alkanes of at least 4 members (excludes halogenated alkanes) is 1. The van der Waals surface area contributed by atoms with Gasteiger partial charge >= 0.3 is 0 Å². The van der Waals surface area contributed by atoms with E-state index in [0.29, 0.717) is 6.42 Å². The van der Waals surface area contributed by atoms with Crippen LogP contribution in [0.1, 0.15) is 56.0 Å². The SMILES string of the molecule is CCCCN(CCC(=O)N1CCCC1)c1nc(Cc2ccc(C)cc2)ns1. The molecule has 27 heavy (non-hydrogen) atoms. The van der Waals surface area contributed by atoms with Crippen molar-refractivity contribution in [2.75, 3.05) is 31.1 Å². The fourth-order valence-electron chi connectivity index (χ4n) is 3.34. The van der Waals surface area contributed by atoms with Crippen LogP contribution in [0.3, 0.4) is 0 Å². The highest BCUT2D eigenvalue weighted by atomic mass is 32.1. The number of benzene rings is 1. The van der Waals surface area contributed by atoms with Crippen molar-refractivity contribution >= 4 is 22.6 Å². The van der Waals surface area contributed by atoms with Crippen molar-refractivity contribution < 1.29 is 4.79 Å². The molecule has 6 heteroatoms. The van der Waals surface area contributed by atoms with Crippen LogP contribution in [0.5, 0.6) is 0 Å². The number of rotatable bonds is 9. The molecule has 1 amide bonds. The molecule has 0 N–H and O–H groups in total. The van der Waals surface area contributed by atoms with Crippen LogP contribution in [0.25, 0.3) is 0 Å². The summed E-state index contributed by atoms with van der Waals surface area (Å²) in [6.45, 7) is 7.80. The van der Waals surface area contributed by atoms with Crippen LogP contribution in [0, 0.1) is 6.92 Å². The standard InChI is InChI=1S/C21H30N4OS/c1-3-4-12-25(15-11-20(26)24-13-5-6-14-24)21-22-19(23-27-21)16-18-9-7-17(2)8-10-18/h7-10H,3-6,11-16H2,1-2H3. The lowest BCUT2D eigenvalue weighted by molar-refractivity contribution is -0.129. The summed E-state index contributed by atoms with van der Waals surface area (Å²) in [5.41, 5.74) is 2.49. The van der Waals surface area contributed by atoms with Gasteiger partial charge in [0.25, 0.3) is 0 Å². The average molecular weight is 387 g/mol. The number of hydrogen-bond acceptors (Lipinski definition) is 5. The van der Waals surface area contributed by atoms with E-state index < -0.39 is 0 Å². The van der Waals surface area contributed by atoms with Crippen molar-refractivity contribution in [1.29, 1.82) is 0 Å². The molecule has 3 rings (SSSR count). The molecule has 0 radical (unpaired) electrons. The smallest absolute Gasteiger partial charge is 0.224 e. The third-order valence-electron chi connectivity index (χ3n) is 5.05. The summed E-state index contributed by atoms with van der Waals surface area (Å²) in [6, 6.07) is 8.53. The van der Waals surface area contributed by atoms with E-state index in [1.165, 1.54) is 22.7 Å². The zero-order valence-corrected chi connectivity index (χ0v) is 17.3. The van der Waals surface area contributed by atoms with Gasteiger partial charge in [-0.25, -0.2) is 4.98 Å². The number of nitrogens with zero attached hydrogens (tertiary/aromatic N) is 4. The van der Waals surface area contributed by atoms with E-state index in [1.807, 2.05) is 4.90 Å². The number of aromatic nitrogens is 2. The third-order valence-corrected chi connectivity index (χ3v) is 5.86. The molecular weight excluding hydrogens is 356 g/mol. The normalized spacial score (nSPS) is 13.9. The quantitative estimate of drug-likeness (QED) is 0.652. The Morgan fingerprint density at radius 3 is 2.63 bits per heavy atom. The Bertz CT molecular complexity index is 722. The Kier molecular flexibility index (Phi) is 7.21. The zero-order valence-electron chi connectivity index (χ0n) is 16.5. The minimum absolute atomic E-state index is 0.276. The molecular formula is C21H30N4OS. The molecule has 0 saturated carbocycles. The topological polar surface area (TPSA) is 49.3 Å². The van der Waals surface area contributed by atoms with Crippen molar-refractivity contribution in [1.82, 2.24) is 14.3 Å². The number of hydrogen-bond donors (Lipinski definition) is 0. The molecule has 1 fully saturated rings. The van der Waals surface area contributed by atoms with Gasteiger partial charge in [-0.1, -0.05) is 43.2 Å². The van der Waals surface area contributed by atoms with Crippen molar-refractivity contribution in [2.45, 2.75) is 52.4 Å². The highest BCUT2D eigenvalue weighted by molar-refractivity contribution is 7.09. The summed E-state index contributed by atoms with van der Waals surface area (Å²) in [5, 5.41) is 0.944. The number of carbonyl (C=O) groups is 1. The van der Waals surface area contributed by atoms with Gasteiger partial charge < -0.3 is 9.80 Å². The van der Waals surface area contributed by atoms with Gasteiger partial charge in [0.1, 0.15) is 5.82 Å². The predicted octanol–water partition coefficient (Wildman–Crippen LogP) is 4.06. The summed E-state index contributed by atoms with van der Waals surface area (Å²) >= 11 is 1.45. The van der Waals surface area contributed by atoms with Crippen LogP contribution in [0.15, 0.2) is 24.3 Å².